The van der Waals surface area contributed by atoms with Crippen LogP contribution in [0.4, 0.5) is 22.0 Å². The molecule has 0 radical (unpaired) electrons. The molecule has 1 aliphatic heterocycles. The van der Waals surface area contributed by atoms with Gasteiger partial charge in [0, 0.05) is 114 Å². The number of rotatable bonds is 16. The summed E-state index contributed by atoms with van der Waals surface area (Å²) in [5, 5.41) is 15.4. The van der Waals surface area contributed by atoms with Crippen molar-refractivity contribution in [1.82, 2.24) is 40.3 Å². The number of carbonyl (C=O) groups excluding carboxylic acids is 6. The fourth-order valence-electron chi connectivity index (χ4n) is 15.1. The summed E-state index contributed by atoms with van der Waals surface area (Å²) in [5.41, 5.74) is 8.23. The van der Waals surface area contributed by atoms with E-state index in [4.69, 9.17) is 21.2 Å². The van der Waals surface area contributed by atoms with Gasteiger partial charge in [0.2, 0.25) is 11.5 Å². The van der Waals surface area contributed by atoms with Crippen molar-refractivity contribution in [2.24, 2.45) is 0 Å². The molecule has 0 fully saturated rings. The fraction of sp³-hybridized carbons (Fsp3) is 0.109. The van der Waals surface area contributed by atoms with Crippen molar-refractivity contribution in [3.63, 3.8) is 0 Å². The molecule has 7 heterocycles. The molecule has 6 aromatic heterocycles. The summed E-state index contributed by atoms with van der Waals surface area (Å²) in [6.07, 6.45) is 16.7. The second kappa shape index (κ2) is 47.3. The highest BCUT2D eigenvalue weighted by molar-refractivity contribution is 6.68. The molecule has 668 valence electrons. The van der Waals surface area contributed by atoms with Gasteiger partial charge >= 0.3 is 5.97 Å². The van der Waals surface area contributed by atoms with Gasteiger partial charge in [-0.1, -0.05) is 258 Å². The Morgan fingerprint density at radius 1 is 0.451 bits per heavy atom. The Morgan fingerprint density at radius 2 is 0.880 bits per heavy atom. The van der Waals surface area contributed by atoms with E-state index in [9.17, 15) is 55.5 Å². The van der Waals surface area contributed by atoms with Crippen molar-refractivity contribution in [1.29, 1.82) is 0 Å². The quantitative estimate of drug-likeness (QED) is 0.0301. The van der Waals surface area contributed by atoms with Crippen molar-refractivity contribution in [2.45, 2.75) is 59.8 Å². The molecule has 18 aromatic rings. The maximum absolute atomic E-state index is 14.3. The van der Waals surface area contributed by atoms with Gasteiger partial charge in [-0.3, -0.25) is 63.3 Å². The first-order valence-corrected chi connectivity index (χ1v) is 41.8. The molecule has 19 rings (SSSR count). The van der Waals surface area contributed by atoms with Crippen molar-refractivity contribution in [2.75, 3.05) is 20.8 Å². The van der Waals surface area contributed by atoms with E-state index < -0.39 is 34.6 Å². The largest absolute Gasteiger partial charge is 0.466 e. The summed E-state index contributed by atoms with van der Waals surface area (Å²) in [5.74, 6) is -4.64. The van der Waals surface area contributed by atoms with Crippen LogP contribution < -0.4 is 10.9 Å². The summed E-state index contributed by atoms with van der Waals surface area (Å²) in [7, 11) is 3.08. The number of pyridine rings is 6. The van der Waals surface area contributed by atoms with Crippen molar-refractivity contribution in [3.05, 3.63) is 455 Å². The third kappa shape index (κ3) is 24.5. The molecule has 2 amide bonds. The Bertz CT molecular complexity index is 7250. The number of aromatic amines is 1. The van der Waals surface area contributed by atoms with E-state index in [1.54, 1.807) is 100 Å². The van der Waals surface area contributed by atoms with E-state index in [1.165, 1.54) is 55.3 Å². The molecule has 2 N–H and O–H groups in total. The number of aryl methyl sites for hydroxylation is 1. The zero-order chi connectivity index (χ0) is 92.3. The van der Waals surface area contributed by atoms with Crippen molar-refractivity contribution < 1.29 is 60.3 Å². The van der Waals surface area contributed by atoms with Crippen LogP contribution in [0.5, 0.6) is 0 Å². The zero-order valence-electron chi connectivity index (χ0n) is 71.2. The molecule has 0 bridgehead atoms. The van der Waals surface area contributed by atoms with Crippen LogP contribution in [0.2, 0.25) is 0 Å². The Hall–Kier alpha value is -16.0. The Kier molecular flexibility index (Phi) is 34.7. The predicted molar refractivity (Wildman–Crippen MR) is 517 cm³/mol. The number of H-pyrrole nitrogens is 1. The second-order valence-electron chi connectivity index (χ2n) is 29.7. The summed E-state index contributed by atoms with van der Waals surface area (Å²) >= 11 is 5.44. The van der Waals surface area contributed by atoms with E-state index in [0.717, 1.165) is 105 Å². The molecule has 2 unspecified atom stereocenters. The molecular weight excluding hydrogens is 1710 g/mol. The number of amides is 2. The van der Waals surface area contributed by atoms with Gasteiger partial charge in [0.05, 0.1) is 57.0 Å². The van der Waals surface area contributed by atoms with Gasteiger partial charge in [0.25, 0.3) is 11.1 Å². The molecule has 23 heteroatoms. The van der Waals surface area contributed by atoms with E-state index in [1.807, 2.05) is 224 Å². The fourth-order valence-corrected chi connectivity index (χ4v) is 15.3. The number of carbonyl (C=O) groups is 6. The lowest BCUT2D eigenvalue weighted by Gasteiger charge is -2.26. The van der Waals surface area contributed by atoms with Crippen LogP contribution in [-0.4, -0.2) is 90.3 Å². The molecule has 0 spiro atoms. The normalized spacial score (nSPS) is 11.8. The van der Waals surface area contributed by atoms with Crippen LogP contribution in [0.1, 0.15) is 116 Å². The van der Waals surface area contributed by atoms with Gasteiger partial charge < -0.3 is 15.0 Å². The average Bonchev–Trinajstić information content (AvgIpc) is 0.777. The number of hydrogen-bond acceptors (Lipinski definition) is 14. The average molecular weight is 1800 g/mol. The lowest BCUT2D eigenvalue weighted by molar-refractivity contribution is -0.143. The van der Waals surface area contributed by atoms with Crippen LogP contribution >= 0.6 is 11.6 Å². The topological polar surface area (TPSA) is 233 Å². The minimum atomic E-state index is -0.970. The number of ketones is 2. The SMILES string of the molecule is C.C.CCOC(=O)CC(C(=O)c1cccc2ccccc12)c1ccncc1F.CON(C)C(=O)c1cccc2ccccc12.Cc1ccncc1F.O=C(Cc1ccncc1F)c1cccc2ccccc12.O=C(Cl)c1cccc2ccccc12.O=C1CC(c2ccncc2F)C(c2cccc3ccccc23)=CN1.O=c1cc(-c2ccncc2F)c(-c2cccc3ccccc23)c[nH]1. The minimum Gasteiger partial charge on any atom is -0.466 e. The zero-order valence-corrected chi connectivity index (χ0v) is 72.0. The number of allylic oxidation sites excluding steroid dienone is 1. The number of Topliss-reactive ketones (excluding diaryl/α,β-unsaturated/α-hetero) is 2. The van der Waals surface area contributed by atoms with Crippen LogP contribution in [0.25, 0.3) is 92.5 Å². The summed E-state index contributed by atoms with van der Waals surface area (Å²) in [6, 6.07) is 90.1. The first-order chi connectivity index (χ1) is 63.7. The molecule has 133 heavy (non-hydrogen) atoms. The second-order valence-corrected chi connectivity index (χ2v) is 30.1. The van der Waals surface area contributed by atoms with Crippen LogP contribution in [0.15, 0.2) is 370 Å². The number of hydroxylamine groups is 2. The van der Waals surface area contributed by atoms with Crippen LogP contribution in [0, 0.1) is 36.0 Å². The number of nitrogens with zero attached hydrogens (tertiary/aromatic N) is 6. The van der Waals surface area contributed by atoms with Crippen LogP contribution in [-0.2, 0) is 25.6 Å². The molecule has 0 saturated carbocycles. The number of hydrogen-bond donors (Lipinski definition) is 2. The molecule has 0 saturated heterocycles. The summed E-state index contributed by atoms with van der Waals surface area (Å²) < 4.78 is 73.6. The van der Waals surface area contributed by atoms with Crippen LogP contribution in [0.3, 0.4) is 0 Å². The molecule has 0 aliphatic carbocycles. The minimum absolute atomic E-state index is 0. The number of ether oxygens (including phenoxy) is 1. The monoisotopic (exact) mass is 1800 g/mol. The number of fused-ring (bicyclic) bond motifs is 6. The Balaban J connectivity index is 0.000000152. The van der Waals surface area contributed by atoms with Gasteiger partial charge in [-0.2, -0.15) is 0 Å². The molecular formula is C110H92ClF5N8O9. The number of aromatic nitrogens is 6. The molecule has 12 aromatic carbocycles. The highest BCUT2D eigenvalue weighted by atomic mass is 35.5. The Morgan fingerprint density at radius 3 is 1.39 bits per heavy atom. The van der Waals surface area contributed by atoms with Crippen molar-refractivity contribution >= 4 is 116 Å². The molecule has 1 aliphatic rings. The van der Waals surface area contributed by atoms with Gasteiger partial charge in [-0.05, 0) is 172 Å². The number of benzene rings is 12. The molecule has 17 nitrogen and oxygen atoms in total. The van der Waals surface area contributed by atoms with E-state index in [2.05, 4.69) is 35.2 Å². The first kappa shape index (κ1) is 97.6. The maximum Gasteiger partial charge on any atom is 0.306 e. The third-order valence-corrected chi connectivity index (χ3v) is 21.8. The smallest absolute Gasteiger partial charge is 0.306 e. The van der Waals surface area contributed by atoms with Gasteiger partial charge in [-0.25, -0.2) is 27.0 Å². The lowest BCUT2D eigenvalue weighted by Crippen LogP contribution is -2.27. The molecule has 2 atom stereocenters. The van der Waals surface area contributed by atoms with Gasteiger partial charge in [0.1, 0.15) is 29.1 Å². The highest BCUT2D eigenvalue weighted by Gasteiger charge is 2.31. The maximum atomic E-state index is 14.3. The van der Waals surface area contributed by atoms with E-state index in [0.29, 0.717) is 50.1 Å². The number of esters is 1. The van der Waals surface area contributed by atoms with Crippen molar-refractivity contribution in [3.8, 4) is 22.3 Å². The Labute approximate surface area is 770 Å². The third-order valence-electron chi connectivity index (χ3n) is 21.6. The standard InChI is InChI=1S/C21H18FNO3.C20H15FN2O.C20H13FN2O.C17H12FNO.C13H13NO2.C11H7ClO.C6H6FN.2CH4/c1-2-26-20(24)12-18(16-10-11-23-13-19(16)22)21(25)17-9-5-7-14-6-3-4-8-15(14)17;2*21-19-12-22-9-8-16(19)17-10-20(24)23-11-18(17)15-7-3-5-13-4-1-2-6-14(13)15;18-16-11-19-9-8-13(16)10-17(20)15-7-3-5-12-4-1-2-6-14(12)15;1-14(16-2)13(15)12-9-5-7-10-6-3-4-8-11(10)12;12-11(13)10-7-3-5-8-4-1-2-6-9(8)10;1-5-2-3-8-4-6(5)7;;/h3-11,13,18H,2,12H2,1H3;1-9,11-12,17H,10H2,(H,23,24);1-12H,(H,23,24);1-9,11H,10H2;3-9H,1-2H3;1-7H;2-4H,1H3;2*1H4. The summed E-state index contributed by atoms with van der Waals surface area (Å²) in [4.78, 5) is 111. The van der Waals surface area contributed by atoms with E-state index >= 15 is 0 Å². The van der Waals surface area contributed by atoms with E-state index in [-0.39, 0.29) is 92.8 Å². The first-order valence-electron chi connectivity index (χ1n) is 41.5. The van der Waals surface area contributed by atoms with Gasteiger partial charge in [0.15, 0.2) is 11.6 Å². The summed E-state index contributed by atoms with van der Waals surface area (Å²) in [6.45, 7) is 3.59. The highest BCUT2D eigenvalue weighted by Crippen LogP contribution is 2.41. The number of nitrogens with one attached hydrogen (secondary N) is 2. The lowest BCUT2D eigenvalue weighted by atomic mass is 9.81. The predicted octanol–water partition coefficient (Wildman–Crippen LogP) is 25.0. The number of halogens is 6. The van der Waals surface area contributed by atoms with Gasteiger partial charge in [-0.15, -0.1) is 0 Å².